The van der Waals surface area contributed by atoms with Crippen LogP contribution in [0.25, 0.3) is 0 Å². The lowest BCUT2D eigenvalue weighted by Gasteiger charge is -2.32. The molecule has 5 unspecified atom stereocenters. The van der Waals surface area contributed by atoms with Gasteiger partial charge in [-0.25, -0.2) is 0 Å². The molecule has 2 N–H and O–H groups in total. The third kappa shape index (κ3) is 2.36. The number of hydrogen-bond donors (Lipinski definition) is 2. The minimum atomic E-state index is -1.15. The molecule has 4 rings (SSSR count). The summed E-state index contributed by atoms with van der Waals surface area (Å²) in [5, 5.41) is 5.71. The van der Waals surface area contributed by atoms with E-state index in [-0.39, 0.29) is 30.3 Å². The Bertz CT molecular complexity index is 766. The van der Waals surface area contributed by atoms with E-state index in [1.807, 2.05) is 6.08 Å². The first-order valence-corrected chi connectivity index (χ1v) is 9.54. The van der Waals surface area contributed by atoms with E-state index in [1.54, 1.807) is 13.0 Å². The highest BCUT2D eigenvalue weighted by atomic mass is 16.5. The minimum absolute atomic E-state index is 0.00815. The van der Waals surface area contributed by atoms with Crippen LogP contribution in [-0.4, -0.2) is 59.5 Å². The number of nitrogens with one attached hydrogen (secondary N) is 2. The molecule has 5 atom stereocenters. The summed E-state index contributed by atoms with van der Waals surface area (Å²) in [4.78, 5) is 40.4. The summed E-state index contributed by atoms with van der Waals surface area (Å²) in [6.07, 6.45) is 13.1. The molecule has 7 nitrogen and oxygen atoms in total. The number of carbonyl (C=O) groups is 3. The third-order valence-corrected chi connectivity index (χ3v) is 6.54. The van der Waals surface area contributed by atoms with Crippen molar-refractivity contribution in [2.75, 3.05) is 13.6 Å². The molecule has 3 fully saturated rings. The molecule has 27 heavy (non-hydrogen) atoms. The van der Waals surface area contributed by atoms with Crippen molar-refractivity contribution in [3.05, 3.63) is 12.2 Å². The summed E-state index contributed by atoms with van der Waals surface area (Å²) in [5.74, 6) is 0.230. The number of rotatable bonds is 4. The van der Waals surface area contributed by atoms with E-state index in [0.29, 0.717) is 0 Å². The van der Waals surface area contributed by atoms with Gasteiger partial charge in [0, 0.05) is 13.1 Å². The van der Waals surface area contributed by atoms with E-state index in [4.69, 9.17) is 11.2 Å². The Hall–Kier alpha value is -2.33. The van der Waals surface area contributed by atoms with Gasteiger partial charge in [0.15, 0.2) is 0 Å². The van der Waals surface area contributed by atoms with Crippen LogP contribution in [0.3, 0.4) is 0 Å². The van der Waals surface area contributed by atoms with Crippen LogP contribution in [0, 0.1) is 24.2 Å². The Kier molecular flexibility index (Phi) is 4.08. The number of carbonyl (C=O) groups excluding carboxylic acids is 3. The maximum Gasteiger partial charge on any atom is 0.246 e. The number of terminal acetylenes is 1. The minimum Gasteiger partial charge on any atom is -0.359 e. The van der Waals surface area contributed by atoms with Crippen molar-refractivity contribution in [2.24, 2.45) is 11.8 Å². The number of amides is 3. The second-order valence-electron chi connectivity index (χ2n) is 8.11. The summed E-state index contributed by atoms with van der Waals surface area (Å²) in [6.45, 7) is 1.80. The van der Waals surface area contributed by atoms with Crippen molar-refractivity contribution in [3.8, 4) is 12.3 Å². The van der Waals surface area contributed by atoms with E-state index in [9.17, 15) is 14.4 Å². The highest BCUT2D eigenvalue weighted by molar-refractivity contribution is 6.00. The average Bonchev–Trinajstić information content (AvgIpc) is 3.35. The first-order chi connectivity index (χ1) is 12.9. The monoisotopic (exact) mass is 371 g/mol. The zero-order chi connectivity index (χ0) is 19.4. The highest BCUT2D eigenvalue weighted by Crippen LogP contribution is 2.59. The SMILES string of the molecule is C#CCN1C(=O)C2C(C(=O)NC)C3(C)C=CC2(O3)C1C(=O)NC1CCCC1. The number of fused-ring (bicyclic) bond motifs is 1. The zero-order valence-electron chi connectivity index (χ0n) is 15.7. The Balaban J connectivity index is 1.73. The van der Waals surface area contributed by atoms with Crippen LogP contribution < -0.4 is 10.6 Å². The summed E-state index contributed by atoms with van der Waals surface area (Å²) >= 11 is 0. The summed E-state index contributed by atoms with van der Waals surface area (Å²) in [5.41, 5.74) is -2.06. The van der Waals surface area contributed by atoms with Gasteiger partial charge in [0.25, 0.3) is 0 Å². The lowest BCUT2D eigenvalue weighted by atomic mass is 9.70. The van der Waals surface area contributed by atoms with Crippen LogP contribution in [0.15, 0.2) is 12.2 Å². The molecule has 3 aliphatic heterocycles. The van der Waals surface area contributed by atoms with Crippen LogP contribution in [0.5, 0.6) is 0 Å². The van der Waals surface area contributed by atoms with Crippen molar-refractivity contribution in [1.29, 1.82) is 0 Å². The van der Waals surface area contributed by atoms with Crippen LogP contribution in [0.1, 0.15) is 32.6 Å². The summed E-state index contributed by atoms with van der Waals surface area (Å²) in [7, 11) is 1.54. The molecule has 0 aromatic carbocycles. The molecule has 1 aliphatic carbocycles. The molecule has 144 valence electrons. The molecule has 3 heterocycles. The molecule has 4 aliphatic rings. The van der Waals surface area contributed by atoms with Gasteiger partial charge in [-0.3, -0.25) is 14.4 Å². The molecular formula is C20H25N3O4. The van der Waals surface area contributed by atoms with E-state index in [1.165, 1.54) is 11.9 Å². The lowest BCUT2D eigenvalue weighted by molar-refractivity contribution is -0.144. The summed E-state index contributed by atoms with van der Waals surface area (Å²) in [6, 6.07) is -0.747. The maximum absolute atomic E-state index is 13.2. The van der Waals surface area contributed by atoms with Gasteiger partial charge in [-0.2, -0.15) is 0 Å². The predicted molar refractivity (Wildman–Crippen MR) is 97.1 cm³/mol. The molecule has 0 aromatic heterocycles. The van der Waals surface area contributed by atoms with E-state index < -0.39 is 29.1 Å². The van der Waals surface area contributed by atoms with Gasteiger partial charge in [0.1, 0.15) is 11.6 Å². The standard InChI is InChI=1S/C20H25N3O4/c1-4-11-23-15(17(25)22-12-7-5-6-8-12)20-10-9-19(2,27-20)13(16(24)21-3)14(20)18(23)26/h1,9-10,12-15H,5-8,11H2,2-3H3,(H,21,24)(H,22,25). The van der Waals surface area contributed by atoms with Crippen molar-refractivity contribution in [1.82, 2.24) is 15.5 Å². The molecule has 3 amide bonds. The van der Waals surface area contributed by atoms with Gasteiger partial charge in [0.05, 0.1) is 24.0 Å². The van der Waals surface area contributed by atoms with E-state index >= 15 is 0 Å². The van der Waals surface area contributed by atoms with Crippen LogP contribution in [0.4, 0.5) is 0 Å². The molecule has 2 saturated heterocycles. The van der Waals surface area contributed by atoms with Gasteiger partial charge in [-0.05, 0) is 19.8 Å². The number of ether oxygens (including phenoxy) is 1. The maximum atomic E-state index is 13.2. The van der Waals surface area contributed by atoms with Gasteiger partial charge < -0.3 is 20.3 Å². The fourth-order valence-corrected chi connectivity index (χ4v) is 5.40. The highest BCUT2D eigenvalue weighted by Gasteiger charge is 2.76. The van der Waals surface area contributed by atoms with Crippen LogP contribution in [-0.2, 0) is 19.1 Å². The van der Waals surface area contributed by atoms with Gasteiger partial charge in [-0.1, -0.05) is 30.9 Å². The van der Waals surface area contributed by atoms with Gasteiger partial charge >= 0.3 is 0 Å². The van der Waals surface area contributed by atoms with Gasteiger partial charge in [0.2, 0.25) is 17.7 Å². The first-order valence-electron chi connectivity index (χ1n) is 9.54. The second kappa shape index (κ2) is 6.10. The topological polar surface area (TPSA) is 87.7 Å². The molecular weight excluding hydrogens is 346 g/mol. The van der Waals surface area contributed by atoms with Crippen molar-refractivity contribution in [3.63, 3.8) is 0 Å². The number of hydrogen-bond acceptors (Lipinski definition) is 4. The van der Waals surface area contributed by atoms with E-state index in [2.05, 4.69) is 16.6 Å². The quantitative estimate of drug-likeness (QED) is 0.536. The molecule has 0 radical (unpaired) electrons. The van der Waals surface area contributed by atoms with Gasteiger partial charge in [-0.15, -0.1) is 6.42 Å². The average molecular weight is 371 g/mol. The van der Waals surface area contributed by atoms with Crippen molar-refractivity contribution in [2.45, 2.75) is 55.9 Å². The number of likely N-dealkylation sites (tertiary alicyclic amines) is 1. The molecule has 1 saturated carbocycles. The number of nitrogens with zero attached hydrogens (tertiary/aromatic N) is 1. The third-order valence-electron chi connectivity index (χ3n) is 6.54. The molecule has 2 bridgehead atoms. The van der Waals surface area contributed by atoms with Crippen molar-refractivity contribution >= 4 is 17.7 Å². The Morgan fingerprint density at radius 1 is 1.33 bits per heavy atom. The molecule has 0 aromatic rings. The predicted octanol–water partition coefficient (Wildman–Crippen LogP) is -0.0349. The fraction of sp³-hybridized carbons (Fsp3) is 0.650. The molecule has 1 spiro atoms. The fourth-order valence-electron chi connectivity index (χ4n) is 5.40. The van der Waals surface area contributed by atoms with Crippen molar-refractivity contribution < 1.29 is 19.1 Å². The molecule has 7 heteroatoms. The smallest absolute Gasteiger partial charge is 0.246 e. The first kappa shape index (κ1) is 18.1. The Morgan fingerprint density at radius 3 is 2.67 bits per heavy atom. The Labute approximate surface area is 158 Å². The lowest BCUT2D eigenvalue weighted by Crippen LogP contribution is -2.56. The normalized spacial score (nSPS) is 39.5. The van der Waals surface area contributed by atoms with Crippen LogP contribution >= 0.6 is 0 Å². The second-order valence-corrected chi connectivity index (χ2v) is 8.11. The van der Waals surface area contributed by atoms with Crippen LogP contribution in [0.2, 0.25) is 0 Å². The summed E-state index contributed by atoms with van der Waals surface area (Å²) < 4.78 is 6.29. The Morgan fingerprint density at radius 2 is 2.04 bits per heavy atom. The zero-order valence-corrected chi connectivity index (χ0v) is 15.7. The van der Waals surface area contributed by atoms with E-state index in [0.717, 1.165) is 25.7 Å². The largest absolute Gasteiger partial charge is 0.359 e.